The zero-order chi connectivity index (χ0) is 15.4. The molecule has 8 heteroatoms. The number of carbonyl (C=O) groups is 1. The van der Waals surface area contributed by atoms with Crippen LogP contribution in [0.15, 0.2) is 28.9 Å². The average molecular weight is 320 g/mol. The minimum atomic E-state index is -0.156. The molecule has 1 fully saturated rings. The van der Waals surface area contributed by atoms with Gasteiger partial charge in [0, 0.05) is 24.8 Å². The quantitative estimate of drug-likeness (QED) is 0.896. The summed E-state index contributed by atoms with van der Waals surface area (Å²) in [6.45, 7) is 1.68. The molecule has 1 aliphatic heterocycles. The highest BCUT2D eigenvalue weighted by Gasteiger charge is 2.25. The number of hydrogen-bond donors (Lipinski definition) is 1. The Morgan fingerprint density at radius 2 is 2.45 bits per heavy atom. The van der Waals surface area contributed by atoms with Gasteiger partial charge in [-0.2, -0.15) is 0 Å². The Bertz CT molecular complexity index is 685. The Balaban J connectivity index is 1.56. The number of aromatic nitrogens is 3. The monoisotopic (exact) mass is 320 g/mol. The summed E-state index contributed by atoms with van der Waals surface area (Å²) in [4.78, 5) is 36.5. The summed E-state index contributed by atoms with van der Waals surface area (Å²) in [5.41, 5.74) is 2.24. The molecule has 0 aromatic carbocycles. The van der Waals surface area contributed by atoms with Gasteiger partial charge in [-0.3, -0.25) is 14.6 Å². The number of H-pyrrole nitrogens is 1. The Hall–Kier alpha value is -2.06. The lowest BCUT2D eigenvalue weighted by molar-refractivity contribution is -0.0245. The van der Waals surface area contributed by atoms with E-state index in [1.165, 1.54) is 23.7 Å². The van der Waals surface area contributed by atoms with Gasteiger partial charge < -0.3 is 14.6 Å². The van der Waals surface area contributed by atoms with Crippen LogP contribution in [0.5, 0.6) is 0 Å². The zero-order valence-electron chi connectivity index (χ0n) is 11.9. The molecular weight excluding hydrogens is 304 g/mol. The summed E-state index contributed by atoms with van der Waals surface area (Å²) in [6.07, 6.45) is 4.34. The molecule has 0 saturated carbocycles. The first-order valence-corrected chi connectivity index (χ1v) is 7.93. The first-order valence-electron chi connectivity index (χ1n) is 7.05. The molecule has 1 saturated heterocycles. The largest absolute Gasteiger partial charge is 0.375 e. The second-order valence-electron chi connectivity index (χ2n) is 5.05. The number of nitrogens with one attached hydrogen (secondary N) is 1. The molecule has 0 radical (unpaired) electrons. The Labute approximate surface area is 131 Å². The molecule has 22 heavy (non-hydrogen) atoms. The maximum atomic E-state index is 12.3. The van der Waals surface area contributed by atoms with E-state index in [9.17, 15) is 9.59 Å². The van der Waals surface area contributed by atoms with Crippen molar-refractivity contribution in [1.82, 2.24) is 19.9 Å². The van der Waals surface area contributed by atoms with E-state index in [-0.39, 0.29) is 17.6 Å². The van der Waals surface area contributed by atoms with Crippen molar-refractivity contribution in [2.45, 2.75) is 18.9 Å². The van der Waals surface area contributed by atoms with E-state index in [0.29, 0.717) is 31.0 Å². The lowest BCUT2D eigenvalue weighted by Gasteiger charge is -2.32. The van der Waals surface area contributed by atoms with Crippen LogP contribution in [0.3, 0.4) is 0 Å². The fourth-order valence-electron chi connectivity index (χ4n) is 2.41. The van der Waals surface area contributed by atoms with Crippen LogP contribution in [0.4, 0.5) is 0 Å². The third-order valence-corrected chi connectivity index (χ3v) is 4.29. The number of aryl methyl sites for hydroxylation is 1. The van der Waals surface area contributed by atoms with Crippen molar-refractivity contribution >= 4 is 17.2 Å². The van der Waals surface area contributed by atoms with Crippen LogP contribution in [0.1, 0.15) is 21.8 Å². The molecule has 7 nitrogen and oxygen atoms in total. The molecular formula is C14H16N4O3S. The summed E-state index contributed by atoms with van der Waals surface area (Å²) >= 11 is 1.35. The predicted octanol–water partition coefficient (Wildman–Crippen LogP) is 0.700. The maximum absolute atomic E-state index is 12.3. The number of hydrogen-bond acceptors (Lipinski definition) is 6. The molecule has 1 atom stereocenters. The van der Waals surface area contributed by atoms with E-state index < -0.39 is 0 Å². The molecule has 1 aliphatic rings. The van der Waals surface area contributed by atoms with Crippen LogP contribution in [0.2, 0.25) is 0 Å². The number of ether oxygens (including phenoxy) is 1. The van der Waals surface area contributed by atoms with Gasteiger partial charge in [0.1, 0.15) is 4.88 Å². The Morgan fingerprint density at radius 1 is 1.55 bits per heavy atom. The van der Waals surface area contributed by atoms with E-state index in [0.717, 1.165) is 12.1 Å². The van der Waals surface area contributed by atoms with Gasteiger partial charge in [0.05, 0.1) is 30.7 Å². The summed E-state index contributed by atoms with van der Waals surface area (Å²) in [6, 6.07) is 1.49. The molecule has 3 rings (SSSR count). The van der Waals surface area contributed by atoms with Crippen LogP contribution < -0.4 is 5.56 Å². The first-order chi connectivity index (χ1) is 10.7. The second-order valence-corrected chi connectivity index (χ2v) is 5.94. The van der Waals surface area contributed by atoms with Gasteiger partial charge >= 0.3 is 0 Å². The smallest absolute Gasteiger partial charge is 0.265 e. The predicted molar refractivity (Wildman–Crippen MR) is 80.9 cm³/mol. The van der Waals surface area contributed by atoms with E-state index in [1.54, 1.807) is 16.6 Å². The molecule has 116 valence electrons. The molecule has 0 aliphatic carbocycles. The van der Waals surface area contributed by atoms with E-state index >= 15 is 0 Å². The van der Waals surface area contributed by atoms with Gasteiger partial charge in [-0.15, -0.1) is 11.3 Å². The summed E-state index contributed by atoms with van der Waals surface area (Å²) in [7, 11) is 0. The highest BCUT2D eigenvalue weighted by Crippen LogP contribution is 2.16. The number of morpholine rings is 1. The van der Waals surface area contributed by atoms with Crippen LogP contribution >= 0.6 is 11.3 Å². The number of nitrogens with zero attached hydrogens (tertiary/aromatic N) is 3. The molecule has 2 aromatic heterocycles. The van der Waals surface area contributed by atoms with E-state index in [1.807, 2.05) is 0 Å². The first kappa shape index (κ1) is 14.9. The molecule has 3 heterocycles. The van der Waals surface area contributed by atoms with Gasteiger partial charge in [-0.05, 0) is 12.8 Å². The highest BCUT2D eigenvalue weighted by atomic mass is 32.1. The third kappa shape index (κ3) is 3.58. The molecule has 1 unspecified atom stereocenters. The van der Waals surface area contributed by atoms with Crippen molar-refractivity contribution in [3.8, 4) is 0 Å². The third-order valence-electron chi connectivity index (χ3n) is 3.53. The molecule has 1 N–H and O–H groups in total. The summed E-state index contributed by atoms with van der Waals surface area (Å²) in [5, 5.41) is 0. The summed E-state index contributed by atoms with van der Waals surface area (Å²) < 4.78 is 5.71. The average Bonchev–Trinajstić information content (AvgIpc) is 3.07. The SMILES string of the molecule is O=C(c1cncs1)N1CCOC(CCc2cc(=O)[nH]cn2)C1. The number of thiazole rings is 1. The number of rotatable bonds is 4. The lowest BCUT2D eigenvalue weighted by atomic mass is 10.1. The van der Waals surface area contributed by atoms with Crippen molar-refractivity contribution in [2.24, 2.45) is 0 Å². The zero-order valence-corrected chi connectivity index (χ0v) is 12.7. The van der Waals surface area contributed by atoms with Crippen molar-refractivity contribution in [3.63, 3.8) is 0 Å². The molecule has 2 aromatic rings. The number of carbonyl (C=O) groups excluding carboxylic acids is 1. The van der Waals surface area contributed by atoms with Crippen LogP contribution in [0, 0.1) is 0 Å². The van der Waals surface area contributed by atoms with Crippen LogP contribution in [-0.2, 0) is 11.2 Å². The standard InChI is InChI=1S/C14H16N4O3S/c19-13-5-10(16-8-17-13)1-2-11-7-18(3-4-21-11)14(20)12-6-15-9-22-12/h5-6,8-9,11H,1-4,7H2,(H,16,17,19). The van der Waals surface area contributed by atoms with Crippen LogP contribution in [0.25, 0.3) is 0 Å². The van der Waals surface area contributed by atoms with Gasteiger partial charge in [0.25, 0.3) is 11.5 Å². The van der Waals surface area contributed by atoms with Crippen molar-refractivity contribution in [2.75, 3.05) is 19.7 Å². The minimum Gasteiger partial charge on any atom is -0.375 e. The van der Waals surface area contributed by atoms with Gasteiger partial charge in [0.2, 0.25) is 0 Å². The lowest BCUT2D eigenvalue weighted by Crippen LogP contribution is -2.45. The number of aromatic amines is 1. The molecule has 0 bridgehead atoms. The minimum absolute atomic E-state index is 0.00470. The Kier molecular flexibility index (Phi) is 4.59. The van der Waals surface area contributed by atoms with Crippen molar-refractivity contribution in [1.29, 1.82) is 0 Å². The topological polar surface area (TPSA) is 88.2 Å². The maximum Gasteiger partial charge on any atom is 0.265 e. The fraction of sp³-hybridized carbons (Fsp3) is 0.429. The van der Waals surface area contributed by atoms with Crippen LogP contribution in [-0.4, -0.2) is 51.6 Å². The highest BCUT2D eigenvalue weighted by molar-refractivity contribution is 7.11. The van der Waals surface area contributed by atoms with Gasteiger partial charge in [0.15, 0.2) is 0 Å². The summed E-state index contributed by atoms with van der Waals surface area (Å²) in [5.74, 6) is 0.00470. The van der Waals surface area contributed by atoms with E-state index in [4.69, 9.17) is 4.74 Å². The molecule has 1 amide bonds. The second kappa shape index (κ2) is 6.80. The van der Waals surface area contributed by atoms with E-state index in [2.05, 4.69) is 15.0 Å². The fourth-order valence-corrected chi connectivity index (χ4v) is 3.00. The van der Waals surface area contributed by atoms with Crippen molar-refractivity contribution in [3.05, 3.63) is 45.0 Å². The molecule has 0 spiro atoms. The Morgan fingerprint density at radius 3 is 3.23 bits per heavy atom. The van der Waals surface area contributed by atoms with Gasteiger partial charge in [-0.1, -0.05) is 0 Å². The van der Waals surface area contributed by atoms with Gasteiger partial charge in [-0.25, -0.2) is 4.98 Å². The number of amides is 1. The normalized spacial score (nSPS) is 18.4. The van der Waals surface area contributed by atoms with Crippen molar-refractivity contribution < 1.29 is 9.53 Å².